The number of rotatable bonds is 4. The highest BCUT2D eigenvalue weighted by Gasteiger charge is 2.36. The monoisotopic (exact) mass is 438 g/mol. The van der Waals surface area contributed by atoms with Gasteiger partial charge >= 0.3 is 0 Å². The molecule has 0 aliphatic heterocycles. The average molecular weight is 439 g/mol. The lowest BCUT2D eigenvalue weighted by Crippen LogP contribution is -2.14. The van der Waals surface area contributed by atoms with Crippen molar-refractivity contribution in [2.45, 2.75) is 19.3 Å². The van der Waals surface area contributed by atoms with Crippen LogP contribution in [-0.2, 0) is 5.41 Å². The second kappa shape index (κ2) is 7.71. The van der Waals surface area contributed by atoms with E-state index in [1.807, 2.05) is 24.5 Å². The second-order valence-electron chi connectivity index (χ2n) is 9.43. The Morgan fingerprint density at radius 2 is 1.68 bits per heavy atom. The highest BCUT2D eigenvalue weighted by Crippen LogP contribution is 2.51. The van der Waals surface area contributed by atoms with Crippen LogP contribution in [0.2, 0.25) is 0 Å². The van der Waals surface area contributed by atoms with Gasteiger partial charge in [-0.25, -0.2) is 0 Å². The Labute approximate surface area is 200 Å². The molecule has 1 aliphatic rings. The van der Waals surface area contributed by atoms with Crippen molar-refractivity contribution in [1.29, 1.82) is 0 Å². The van der Waals surface area contributed by atoms with Gasteiger partial charge in [0.05, 0.1) is 5.52 Å². The van der Waals surface area contributed by atoms with Gasteiger partial charge in [-0.1, -0.05) is 81.1 Å². The van der Waals surface area contributed by atoms with Gasteiger partial charge in [0, 0.05) is 40.6 Å². The minimum atomic E-state index is 0.0211. The van der Waals surface area contributed by atoms with Crippen molar-refractivity contribution in [3.05, 3.63) is 127 Å². The van der Waals surface area contributed by atoms with Crippen LogP contribution >= 0.6 is 0 Å². The molecule has 2 nitrogen and oxygen atoms in total. The fourth-order valence-electron chi connectivity index (χ4n) is 5.34. The van der Waals surface area contributed by atoms with Crippen LogP contribution in [-0.4, -0.2) is 9.55 Å². The Morgan fingerprint density at radius 1 is 0.853 bits per heavy atom. The summed E-state index contributed by atoms with van der Waals surface area (Å²) >= 11 is 0. The summed E-state index contributed by atoms with van der Waals surface area (Å²) in [6.45, 7) is 8.40. The Bertz CT molecular complexity index is 1580. The summed E-state index contributed by atoms with van der Waals surface area (Å²) in [5, 5.41) is 1.31. The molecule has 0 bridgehead atoms. The maximum Gasteiger partial charge on any atom is 0.0534 e. The third-order valence-corrected chi connectivity index (χ3v) is 7.08. The quantitative estimate of drug-likeness (QED) is 0.259. The number of hydrogen-bond acceptors (Lipinski definition) is 1. The lowest BCUT2D eigenvalue weighted by molar-refractivity contribution is 0.661. The van der Waals surface area contributed by atoms with Crippen LogP contribution < -0.4 is 0 Å². The number of pyridine rings is 1. The van der Waals surface area contributed by atoms with Gasteiger partial charge in [-0.2, -0.15) is 0 Å². The third kappa shape index (κ3) is 3.07. The Hall–Kier alpha value is -4.17. The highest BCUT2D eigenvalue weighted by atomic mass is 15.0. The van der Waals surface area contributed by atoms with Gasteiger partial charge in [0.1, 0.15) is 0 Å². The molecule has 2 heterocycles. The maximum absolute atomic E-state index is 4.40. The van der Waals surface area contributed by atoms with E-state index in [4.69, 9.17) is 0 Å². The highest BCUT2D eigenvalue weighted by molar-refractivity contribution is 6.02. The number of nitrogens with zero attached hydrogens (tertiary/aromatic N) is 2. The zero-order chi connectivity index (χ0) is 23.3. The van der Waals surface area contributed by atoms with E-state index in [0.717, 1.165) is 22.4 Å². The molecule has 5 aromatic rings. The van der Waals surface area contributed by atoms with Crippen molar-refractivity contribution in [2.24, 2.45) is 0 Å². The molecular weight excluding hydrogens is 412 g/mol. The summed E-state index contributed by atoms with van der Waals surface area (Å²) in [5.41, 5.74) is 11.3. The van der Waals surface area contributed by atoms with E-state index in [1.54, 1.807) is 6.08 Å². The molecule has 0 saturated heterocycles. The van der Waals surface area contributed by atoms with Gasteiger partial charge in [-0.05, 0) is 63.7 Å². The predicted octanol–water partition coefficient (Wildman–Crippen LogP) is 8.20. The van der Waals surface area contributed by atoms with Crippen molar-refractivity contribution < 1.29 is 0 Å². The van der Waals surface area contributed by atoms with Gasteiger partial charge < -0.3 is 4.57 Å². The molecule has 3 aromatic carbocycles. The summed E-state index contributed by atoms with van der Waals surface area (Å²) in [4.78, 5) is 4.40. The number of aromatic nitrogens is 2. The summed E-state index contributed by atoms with van der Waals surface area (Å²) in [6, 6.07) is 26.6. The van der Waals surface area contributed by atoms with Crippen LogP contribution in [0, 0.1) is 0 Å². The molecule has 0 saturated carbocycles. The molecule has 0 unspecified atom stereocenters. The summed E-state index contributed by atoms with van der Waals surface area (Å²) < 4.78 is 2.29. The average Bonchev–Trinajstić information content (AvgIpc) is 3.40. The van der Waals surface area contributed by atoms with Crippen molar-refractivity contribution in [2.75, 3.05) is 0 Å². The van der Waals surface area contributed by atoms with E-state index in [-0.39, 0.29) is 5.41 Å². The zero-order valence-electron chi connectivity index (χ0n) is 19.5. The fraction of sp³-hybridized carbons (Fsp3) is 0.0938. The van der Waals surface area contributed by atoms with Crippen molar-refractivity contribution in [3.8, 4) is 27.9 Å². The molecule has 0 amide bonds. The van der Waals surface area contributed by atoms with E-state index < -0.39 is 0 Å². The fourth-order valence-corrected chi connectivity index (χ4v) is 5.34. The molecule has 6 rings (SSSR count). The molecule has 34 heavy (non-hydrogen) atoms. The van der Waals surface area contributed by atoms with Gasteiger partial charge in [0.2, 0.25) is 0 Å². The summed E-state index contributed by atoms with van der Waals surface area (Å²) in [7, 11) is 0. The number of benzene rings is 3. The number of fused-ring (bicyclic) bond motifs is 5. The Kier molecular flexibility index (Phi) is 4.63. The molecule has 0 spiro atoms. The lowest BCUT2D eigenvalue weighted by Gasteiger charge is -2.21. The molecule has 0 fully saturated rings. The van der Waals surface area contributed by atoms with Gasteiger partial charge in [0.25, 0.3) is 0 Å². The minimum absolute atomic E-state index is 0.0211. The first-order chi connectivity index (χ1) is 16.6. The molecule has 0 radical (unpaired) electrons. The van der Waals surface area contributed by atoms with Crippen molar-refractivity contribution >= 4 is 17.0 Å². The Morgan fingerprint density at radius 3 is 2.50 bits per heavy atom. The van der Waals surface area contributed by atoms with Gasteiger partial charge in [-0.15, -0.1) is 0 Å². The zero-order valence-corrected chi connectivity index (χ0v) is 19.5. The summed E-state index contributed by atoms with van der Waals surface area (Å²) in [6.07, 6.45) is 11.7. The SMILES string of the molecule is C=CC=Cc1cncc(-c2ccc(-n3ccc4c5c(ccc43)C(C)(C)c3ccccc3-5)cc2)c1. The smallest absolute Gasteiger partial charge is 0.0534 e. The van der Waals surface area contributed by atoms with Crippen LogP contribution in [0.25, 0.3) is 44.9 Å². The van der Waals surface area contributed by atoms with Crippen molar-refractivity contribution in [3.63, 3.8) is 0 Å². The molecule has 164 valence electrons. The van der Waals surface area contributed by atoms with Crippen LogP contribution in [0.4, 0.5) is 0 Å². The molecular formula is C32H26N2. The predicted molar refractivity (Wildman–Crippen MR) is 143 cm³/mol. The molecule has 0 N–H and O–H groups in total. The maximum atomic E-state index is 4.40. The molecule has 2 heteroatoms. The van der Waals surface area contributed by atoms with E-state index in [1.165, 1.54) is 33.2 Å². The molecule has 0 atom stereocenters. The van der Waals surface area contributed by atoms with Crippen LogP contribution in [0.1, 0.15) is 30.5 Å². The van der Waals surface area contributed by atoms with E-state index in [9.17, 15) is 0 Å². The second-order valence-corrected chi connectivity index (χ2v) is 9.43. The topological polar surface area (TPSA) is 17.8 Å². The van der Waals surface area contributed by atoms with Crippen LogP contribution in [0.5, 0.6) is 0 Å². The summed E-state index contributed by atoms with van der Waals surface area (Å²) in [5.74, 6) is 0. The largest absolute Gasteiger partial charge is 0.317 e. The standard InChI is InChI=1S/C32H26N2/c1-4-5-8-22-19-24(21-33-20-22)23-11-13-25(14-12-23)34-18-17-27-30(34)16-15-29-31(27)26-9-6-7-10-28(26)32(29,2)3/h4-21H,1H2,2-3H3. The first-order valence-corrected chi connectivity index (χ1v) is 11.7. The van der Waals surface area contributed by atoms with E-state index in [0.29, 0.717) is 0 Å². The Balaban J connectivity index is 1.42. The number of hydrogen-bond donors (Lipinski definition) is 0. The molecule has 2 aromatic heterocycles. The van der Waals surface area contributed by atoms with Crippen LogP contribution in [0.3, 0.4) is 0 Å². The van der Waals surface area contributed by atoms with Gasteiger partial charge in [0.15, 0.2) is 0 Å². The van der Waals surface area contributed by atoms with E-state index in [2.05, 4.69) is 109 Å². The van der Waals surface area contributed by atoms with Gasteiger partial charge in [-0.3, -0.25) is 4.98 Å². The third-order valence-electron chi connectivity index (χ3n) is 7.08. The minimum Gasteiger partial charge on any atom is -0.317 e. The number of allylic oxidation sites excluding steroid dienone is 2. The lowest BCUT2D eigenvalue weighted by atomic mass is 9.82. The normalized spacial score (nSPS) is 13.8. The first kappa shape index (κ1) is 20.4. The van der Waals surface area contributed by atoms with E-state index >= 15 is 0 Å². The van der Waals surface area contributed by atoms with Crippen LogP contribution in [0.15, 0.2) is 110 Å². The first-order valence-electron chi connectivity index (χ1n) is 11.7. The molecule has 1 aliphatic carbocycles. The van der Waals surface area contributed by atoms with Crippen molar-refractivity contribution in [1.82, 2.24) is 9.55 Å².